The van der Waals surface area contributed by atoms with Crippen LogP contribution in [0.3, 0.4) is 0 Å². The topological polar surface area (TPSA) is 74.6 Å². The second kappa shape index (κ2) is 9.98. The van der Waals surface area contributed by atoms with E-state index in [0.717, 1.165) is 62.4 Å². The third kappa shape index (κ3) is 5.27. The first-order valence-electron chi connectivity index (χ1n) is 11.5. The standard InChI is InChI=1S/C24H34N6O/c1-18-10-12-29(16-22(18)30-13-11-26-17-30)24(25-2)27-15-19-6-5-9-21(14-19)28-23(31)20-7-3-4-8-20/h5-6,9,11,13-14,17-18,20,22H,3-4,7-8,10,12,15-16H2,1-2H3,(H,25,27)(H,28,31). The molecule has 2 atom stereocenters. The second-order valence-corrected chi connectivity index (χ2v) is 8.86. The van der Waals surface area contributed by atoms with Gasteiger partial charge in [-0.2, -0.15) is 0 Å². The highest BCUT2D eigenvalue weighted by Gasteiger charge is 2.29. The molecule has 31 heavy (non-hydrogen) atoms. The van der Waals surface area contributed by atoms with Crippen LogP contribution in [0.4, 0.5) is 5.69 Å². The van der Waals surface area contributed by atoms with Gasteiger partial charge in [-0.1, -0.05) is 31.9 Å². The van der Waals surface area contributed by atoms with Crippen LogP contribution in [0.1, 0.15) is 50.6 Å². The minimum Gasteiger partial charge on any atom is -0.352 e. The number of hydrogen-bond donors (Lipinski definition) is 2. The Kier molecular flexibility index (Phi) is 6.89. The molecule has 1 aliphatic carbocycles. The van der Waals surface area contributed by atoms with Crippen LogP contribution in [-0.4, -0.2) is 46.5 Å². The SMILES string of the molecule is CN=C(NCc1cccc(NC(=O)C2CCCC2)c1)N1CCC(C)C(n2ccnc2)C1. The third-order valence-electron chi connectivity index (χ3n) is 6.71. The molecule has 166 valence electrons. The van der Waals surface area contributed by atoms with Gasteiger partial charge in [-0.3, -0.25) is 9.79 Å². The van der Waals surface area contributed by atoms with Crippen LogP contribution in [-0.2, 0) is 11.3 Å². The summed E-state index contributed by atoms with van der Waals surface area (Å²) in [6.07, 6.45) is 11.3. The number of aromatic nitrogens is 2. The Hall–Kier alpha value is -2.83. The Bertz CT molecular complexity index is 887. The number of carbonyl (C=O) groups excluding carboxylic acids is 1. The van der Waals surface area contributed by atoms with Crippen molar-refractivity contribution in [3.05, 3.63) is 48.5 Å². The number of likely N-dealkylation sites (tertiary alicyclic amines) is 1. The molecule has 0 bridgehead atoms. The molecule has 1 saturated carbocycles. The second-order valence-electron chi connectivity index (χ2n) is 8.86. The molecule has 4 rings (SSSR count). The van der Waals surface area contributed by atoms with Gasteiger partial charge >= 0.3 is 0 Å². The molecule has 7 nitrogen and oxygen atoms in total. The van der Waals surface area contributed by atoms with Gasteiger partial charge < -0.3 is 20.1 Å². The fraction of sp³-hybridized carbons (Fsp3) is 0.542. The van der Waals surface area contributed by atoms with Crippen LogP contribution >= 0.6 is 0 Å². The number of rotatable bonds is 5. The quantitative estimate of drug-likeness (QED) is 0.570. The maximum Gasteiger partial charge on any atom is 0.227 e. The molecule has 0 radical (unpaired) electrons. The van der Waals surface area contributed by atoms with E-state index >= 15 is 0 Å². The van der Waals surface area contributed by atoms with Crippen molar-refractivity contribution in [2.45, 2.75) is 51.6 Å². The minimum atomic E-state index is 0.159. The van der Waals surface area contributed by atoms with E-state index in [4.69, 9.17) is 0 Å². The number of benzene rings is 1. The monoisotopic (exact) mass is 422 g/mol. The predicted octanol–water partition coefficient (Wildman–Crippen LogP) is 3.67. The average molecular weight is 423 g/mol. The zero-order chi connectivity index (χ0) is 21.6. The Morgan fingerprint density at radius 1 is 1.26 bits per heavy atom. The van der Waals surface area contributed by atoms with Crippen LogP contribution in [0.25, 0.3) is 0 Å². The van der Waals surface area contributed by atoms with Crippen molar-refractivity contribution in [2.24, 2.45) is 16.8 Å². The lowest BCUT2D eigenvalue weighted by molar-refractivity contribution is -0.119. The minimum absolute atomic E-state index is 0.159. The number of imidazole rings is 1. The van der Waals surface area contributed by atoms with Gasteiger partial charge in [-0.05, 0) is 42.9 Å². The number of piperidine rings is 1. The number of nitrogens with zero attached hydrogens (tertiary/aromatic N) is 4. The first-order valence-corrected chi connectivity index (χ1v) is 11.5. The first-order chi connectivity index (χ1) is 15.1. The van der Waals surface area contributed by atoms with E-state index in [1.54, 1.807) is 0 Å². The van der Waals surface area contributed by atoms with E-state index in [-0.39, 0.29) is 11.8 Å². The zero-order valence-corrected chi connectivity index (χ0v) is 18.6. The largest absolute Gasteiger partial charge is 0.352 e. The molecule has 7 heteroatoms. The van der Waals surface area contributed by atoms with E-state index in [2.05, 4.69) is 49.1 Å². The number of carbonyl (C=O) groups is 1. The molecule has 1 saturated heterocycles. The van der Waals surface area contributed by atoms with Crippen LogP contribution < -0.4 is 10.6 Å². The molecule has 1 aliphatic heterocycles. The smallest absolute Gasteiger partial charge is 0.227 e. The molecule has 2 fully saturated rings. The summed E-state index contributed by atoms with van der Waals surface area (Å²) in [5.41, 5.74) is 2.00. The summed E-state index contributed by atoms with van der Waals surface area (Å²) in [6.45, 7) is 4.88. The molecule has 2 heterocycles. The van der Waals surface area contributed by atoms with Gasteiger partial charge in [-0.15, -0.1) is 0 Å². The molecule has 1 aromatic carbocycles. The fourth-order valence-corrected chi connectivity index (χ4v) is 4.80. The molecule has 0 spiro atoms. The normalized spacial score (nSPS) is 22.5. The first kappa shape index (κ1) is 21.4. The Morgan fingerprint density at radius 2 is 2.10 bits per heavy atom. The van der Waals surface area contributed by atoms with E-state index in [1.165, 1.54) is 0 Å². The van der Waals surface area contributed by atoms with Gasteiger partial charge in [-0.25, -0.2) is 4.98 Å². The van der Waals surface area contributed by atoms with Crippen molar-refractivity contribution < 1.29 is 4.79 Å². The van der Waals surface area contributed by atoms with Crippen LogP contribution in [0.5, 0.6) is 0 Å². The maximum atomic E-state index is 12.4. The summed E-state index contributed by atoms with van der Waals surface area (Å²) in [7, 11) is 1.84. The average Bonchev–Trinajstić information content (AvgIpc) is 3.50. The van der Waals surface area contributed by atoms with Crippen molar-refractivity contribution in [1.29, 1.82) is 0 Å². The van der Waals surface area contributed by atoms with Crippen molar-refractivity contribution in [3.8, 4) is 0 Å². The number of guanidine groups is 1. The Morgan fingerprint density at radius 3 is 2.84 bits per heavy atom. The zero-order valence-electron chi connectivity index (χ0n) is 18.6. The molecule has 2 aliphatic rings. The van der Waals surface area contributed by atoms with Crippen molar-refractivity contribution in [3.63, 3.8) is 0 Å². The van der Waals surface area contributed by atoms with Gasteiger partial charge in [0.1, 0.15) is 0 Å². The summed E-state index contributed by atoms with van der Waals surface area (Å²) < 4.78 is 2.21. The Labute approximate surface area is 185 Å². The van der Waals surface area contributed by atoms with Crippen LogP contribution in [0.15, 0.2) is 48.0 Å². The highest BCUT2D eigenvalue weighted by molar-refractivity contribution is 5.92. The lowest BCUT2D eigenvalue weighted by Gasteiger charge is -2.39. The molecular weight excluding hydrogens is 388 g/mol. The highest BCUT2D eigenvalue weighted by atomic mass is 16.1. The van der Waals surface area contributed by atoms with Gasteiger partial charge in [0.25, 0.3) is 0 Å². The number of aliphatic imine (C=N–C) groups is 1. The number of hydrogen-bond acceptors (Lipinski definition) is 3. The Balaban J connectivity index is 1.35. The molecule has 2 unspecified atom stereocenters. The summed E-state index contributed by atoms with van der Waals surface area (Å²) in [5, 5.41) is 6.61. The van der Waals surface area contributed by atoms with Crippen molar-refractivity contribution in [1.82, 2.24) is 19.8 Å². The van der Waals surface area contributed by atoms with Crippen LogP contribution in [0.2, 0.25) is 0 Å². The predicted molar refractivity (Wildman–Crippen MR) is 124 cm³/mol. The van der Waals surface area contributed by atoms with Gasteiger partial charge in [0, 0.05) is 50.7 Å². The van der Waals surface area contributed by atoms with Gasteiger partial charge in [0.15, 0.2) is 5.96 Å². The third-order valence-corrected chi connectivity index (χ3v) is 6.71. The number of amides is 1. The van der Waals surface area contributed by atoms with E-state index in [1.807, 2.05) is 37.9 Å². The summed E-state index contributed by atoms with van der Waals surface area (Å²) in [4.78, 5) is 23.5. The van der Waals surface area contributed by atoms with Gasteiger partial charge in [0.05, 0.1) is 12.4 Å². The van der Waals surface area contributed by atoms with E-state index in [9.17, 15) is 4.79 Å². The maximum absolute atomic E-state index is 12.4. The molecule has 1 amide bonds. The van der Waals surface area contributed by atoms with Gasteiger partial charge in [0.2, 0.25) is 5.91 Å². The molecule has 2 N–H and O–H groups in total. The number of nitrogens with one attached hydrogen (secondary N) is 2. The molecular formula is C24H34N6O. The van der Waals surface area contributed by atoms with E-state index < -0.39 is 0 Å². The van der Waals surface area contributed by atoms with Crippen molar-refractivity contribution >= 4 is 17.6 Å². The fourth-order valence-electron chi connectivity index (χ4n) is 4.80. The molecule has 1 aromatic heterocycles. The summed E-state index contributed by atoms with van der Waals surface area (Å²) in [5.74, 6) is 1.85. The summed E-state index contributed by atoms with van der Waals surface area (Å²) in [6, 6.07) is 8.50. The summed E-state index contributed by atoms with van der Waals surface area (Å²) >= 11 is 0. The van der Waals surface area contributed by atoms with Crippen LogP contribution in [0, 0.1) is 11.8 Å². The highest BCUT2D eigenvalue weighted by Crippen LogP contribution is 2.28. The lowest BCUT2D eigenvalue weighted by Crippen LogP contribution is -2.48. The van der Waals surface area contributed by atoms with E-state index in [0.29, 0.717) is 18.5 Å². The molecule has 2 aromatic rings. The van der Waals surface area contributed by atoms with Crippen molar-refractivity contribution in [2.75, 3.05) is 25.5 Å². The lowest BCUT2D eigenvalue weighted by atomic mass is 9.93. The number of anilines is 1.